The highest BCUT2D eigenvalue weighted by Gasteiger charge is 2.34. The van der Waals surface area contributed by atoms with E-state index in [1.165, 1.54) is 17.8 Å². The molecule has 2 aliphatic rings. The Bertz CT molecular complexity index is 1630. The molecule has 4 heterocycles. The number of carbonyl (C=O) groups is 1. The molecule has 2 aliphatic heterocycles. The Hall–Kier alpha value is -3.31. The van der Waals surface area contributed by atoms with Crippen molar-refractivity contribution in [2.75, 3.05) is 38.3 Å². The van der Waals surface area contributed by atoms with Crippen LogP contribution in [0.1, 0.15) is 57.4 Å². The quantitative estimate of drug-likeness (QED) is 0.337. The summed E-state index contributed by atoms with van der Waals surface area (Å²) in [6, 6.07) is 6.53. The lowest BCUT2D eigenvalue weighted by Gasteiger charge is -2.26. The SMILES string of the molecule is CCOC(=O)C1=C(C)N=c2s/c(=C/c3cc(Br)c(N4CCCCC4)o3)c(=O)n2[C@H]1c1ccc(OC)c(OCC)c1. The first-order valence-corrected chi connectivity index (χ1v) is 15.0. The fraction of sp³-hybridized carbons (Fsp3) is 0.414. The number of nitrogens with zero attached hydrogens (tertiary/aromatic N) is 3. The molecule has 0 amide bonds. The molecule has 0 N–H and O–H groups in total. The lowest BCUT2D eigenvalue weighted by molar-refractivity contribution is -0.139. The number of piperidine rings is 1. The summed E-state index contributed by atoms with van der Waals surface area (Å²) in [6.07, 6.45) is 5.21. The van der Waals surface area contributed by atoms with Crippen LogP contribution in [0.4, 0.5) is 5.88 Å². The zero-order chi connectivity index (χ0) is 28.4. The van der Waals surface area contributed by atoms with Crippen molar-refractivity contribution in [3.8, 4) is 11.5 Å². The van der Waals surface area contributed by atoms with E-state index in [1.807, 2.05) is 19.1 Å². The van der Waals surface area contributed by atoms with Crippen molar-refractivity contribution in [1.29, 1.82) is 0 Å². The van der Waals surface area contributed by atoms with Gasteiger partial charge in [-0.1, -0.05) is 17.4 Å². The van der Waals surface area contributed by atoms with E-state index >= 15 is 0 Å². The smallest absolute Gasteiger partial charge is 0.338 e. The molecule has 1 atom stereocenters. The minimum Gasteiger partial charge on any atom is -0.493 e. The molecule has 0 radical (unpaired) electrons. The number of halogens is 1. The predicted molar refractivity (Wildman–Crippen MR) is 157 cm³/mol. The molecule has 1 fully saturated rings. The molecule has 1 aromatic carbocycles. The van der Waals surface area contributed by atoms with E-state index in [0.29, 0.717) is 50.0 Å². The van der Waals surface area contributed by atoms with Crippen molar-refractivity contribution in [3.05, 3.63) is 71.0 Å². The number of esters is 1. The minimum atomic E-state index is -0.755. The molecular formula is C29H32BrN3O6S. The zero-order valence-electron chi connectivity index (χ0n) is 23.0. The molecular weight excluding hydrogens is 598 g/mol. The van der Waals surface area contributed by atoms with Gasteiger partial charge in [0, 0.05) is 25.2 Å². The summed E-state index contributed by atoms with van der Waals surface area (Å²) < 4.78 is 25.7. The topological polar surface area (TPSA) is 95.5 Å². The summed E-state index contributed by atoms with van der Waals surface area (Å²) in [7, 11) is 1.57. The molecule has 0 aliphatic carbocycles. The van der Waals surface area contributed by atoms with Crippen LogP contribution in [-0.4, -0.2) is 43.9 Å². The van der Waals surface area contributed by atoms with Gasteiger partial charge in [-0.25, -0.2) is 9.79 Å². The number of aromatic nitrogens is 1. The van der Waals surface area contributed by atoms with Crippen LogP contribution in [0.3, 0.4) is 0 Å². The van der Waals surface area contributed by atoms with Gasteiger partial charge < -0.3 is 23.5 Å². The summed E-state index contributed by atoms with van der Waals surface area (Å²) in [6.45, 7) is 7.90. The molecule has 2 aromatic heterocycles. The number of hydrogen-bond acceptors (Lipinski definition) is 9. The molecule has 5 rings (SSSR count). The number of hydrogen-bond donors (Lipinski definition) is 0. The van der Waals surface area contributed by atoms with E-state index in [9.17, 15) is 9.59 Å². The highest BCUT2D eigenvalue weighted by atomic mass is 79.9. The highest BCUT2D eigenvalue weighted by Crippen LogP contribution is 2.36. The van der Waals surface area contributed by atoms with E-state index in [1.54, 1.807) is 43.7 Å². The Kier molecular flexibility index (Phi) is 8.51. The van der Waals surface area contributed by atoms with Gasteiger partial charge in [-0.15, -0.1) is 0 Å². The average Bonchev–Trinajstić information content (AvgIpc) is 3.46. The Labute approximate surface area is 244 Å². The summed E-state index contributed by atoms with van der Waals surface area (Å²) in [5.74, 6) is 1.91. The van der Waals surface area contributed by atoms with Gasteiger partial charge in [0.05, 0.1) is 46.6 Å². The number of thiazole rings is 1. The van der Waals surface area contributed by atoms with E-state index in [-0.39, 0.29) is 12.2 Å². The van der Waals surface area contributed by atoms with E-state index < -0.39 is 12.0 Å². The number of anilines is 1. The molecule has 3 aromatic rings. The first kappa shape index (κ1) is 28.2. The van der Waals surface area contributed by atoms with Crippen LogP contribution in [0, 0.1) is 0 Å². The lowest BCUT2D eigenvalue weighted by Crippen LogP contribution is -2.40. The fourth-order valence-corrected chi connectivity index (χ4v) is 6.71. The summed E-state index contributed by atoms with van der Waals surface area (Å²) in [5, 5.41) is 0. The van der Waals surface area contributed by atoms with Crippen LogP contribution in [0.2, 0.25) is 0 Å². The molecule has 0 bridgehead atoms. The van der Waals surface area contributed by atoms with Crippen molar-refractivity contribution in [3.63, 3.8) is 0 Å². The van der Waals surface area contributed by atoms with Gasteiger partial charge in [0.2, 0.25) is 5.88 Å². The molecule has 9 nitrogen and oxygen atoms in total. The predicted octanol–water partition coefficient (Wildman–Crippen LogP) is 4.55. The number of rotatable bonds is 8. The number of methoxy groups -OCH3 is 1. The summed E-state index contributed by atoms with van der Waals surface area (Å²) in [4.78, 5) is 34.5. The molecule has 1 saturated heterocycles. The second kappa shape index (κ2) is 12.1. The van der Waals surface area contributed by atoms with E-state index in [2.05, 4.69) is 25.8 Å². The van der Waals surface area contributed by atoms with Crippen molar-refractivity contribution in [1.82, 2.24) is 4.57 Å². The summed E-state index contributed by atoms with van der Waals surface area (Å²) in [5.41, 5.74) is 1.21. The third kappa shape index (κ3) is 5.36. The number of ether oxygens (including phenoxy) is 3. The van der Waals surface area contributed by atoms with E-state index in [4.69, 9.17) is 18.6 Å². The monoisotopic (exact) mass is 629 g/mol. The first-order valence-electron chi connectivity index (χ1n) is 13.4. The third-order valence-corrected chi connectivity index (χ3v) is 8.48. The molecule has 0 unspecified atom stereocenters. The third-order valence-electron chi connectivity index (χ3n) is 6.92. The standard InChI is InChI=1S/C29H32BrN3O6S/c1-5-37-22-14-18(10-11-21(22)36-4)25-24(28(35)38-6-2)17(3)31-29-33(25)26(34)23(40-29)16-19-15-20(30)27(39-19)32-12-8-7-9-13-32/h10-11,14-16,25H,5-9,12-13H2,1-4H3/b23-16+/t25-/m0/s1. The van der Waals surface area contributed by atoms with Gasteiger partial charge >= 0.3 is 5.97 Å². The van der Waals surface area contributed by atoms with Crippen LogP contribution >= 0.6 is 27.3 Å². The Morgan fingerprint density at radius 3 is 2.65 bits per heavy atom. The lowest BCUT2D eigenvalue weighted by atomic mass is 9.95. The van der Waals surface area contributed by atoms with Crippen LogP contribution in [0.25, 0.3) is 6.08 Å². The second-order valence-electron chi connectivity index (χ2n) is 9.50. The Balaban J connectivity index is 1.65. The maximum atomic E-state index is 13.9. The first-order chi connectivity index (χ1) is 19.4. The van der Waals surface area contributed by atoms with Gasteiger partial charge in [0.1, 0.15) is 5.76 Å². The van der Waals surface area contributed by atoms with Gasteiger partial charge in [-0.3, -0.25) is 9.36 Å². The Morgan fingerprint density at radius 2 is 1.95 bits per heavy atom. The number of fused-ring (bicyclic) bond motifs is 1. The van der Waals surface area contributed by atoms with Gasteiger partial charge in [0.15, 0.2) is 16.3 Å². The van der Waals surface area contributed by atoms with Crippen LogP contribution in [-0.2, 0) is 9.53 Å². The van der Waals surface area contributed by atoms with Crippen molar-refractivity contribution in [2.24, 2.45) is 4.99 Å². The molecule has 0 saturated carbocycles. The summed E-state index contributed by atoms with van der Waals surface area (Å²) >= 11 is 4.88. The minimum absolute atomic E-state index is 0.201. The number of allylic oxidation sites excluding steroid dienone is 1. The molecule has 0 spiro atoms. The highest BCUT2D eigenvalue weighted by molar-refractivity contribution is 9.10. The van der Waals surface area contributed by atoms with E-state index in [0.717, 1.165) is 36.3 Å². The van der Waals surface area contributed by atoms with Gasteiger partial charge in [-0.05, 0) is 73.7 Å². The van der Waals surface area contributed by atoms with Crippen LogP contribution < -0.4 is 29.3 Å². The Morgan fingerprint density at radius 1 is 1.18 bits per heavy atom. The van der Waals surface area contributed by atoms with Gasteiger partial charge in [0.25, 0.3) is 5.56 Å². The number of furan rings is 1. The van der Waals surface area contributed by atoms with Crippen molar-refractivity contribution >= 4 is 45.2 Å². The average molecular weight is 631 g/mol. The number of benzene rings is 1. The van der Waals surface area contributed by atoms with Crippen LogP contribution in [0.5, 0.6) is 11.5 Å². The zero-order valence-corrected chi connectivity index (χ0v) is 25.4. The molecule has 40 heavy (non-hydrogen) atoms. The molecule has 11 heteroatoms. The fourth-order valence-electron chi connectivity index (χ4n) is 5.13. The largest absolute Gasteiger partial charge is 0.493 e. The number of carbonyl (C=O) groups excluding carboxylic acids is 1. The molecule has 212 valence electrons. The van der Waals surface area contributed by atoms with Crippen molar-refractivity contribution < 1.29 is 23.4 Å². The maximum Gasteiger partial charge on any atom is 0.338 e. The maximum absolute atomic E-state index is 13.9. The normalized spacial score (nSPS) is 17.5. The second-order valence-corrected chi connectivity index (χ2v) is 11.4. The van der Waals surface area contributed by atoms with Crippen molar-refractivity contribution in [2.45, 2.75) is 46.1 Å². The van der Waals surface area contributed by atoms with Crippen LogP contribution in [0.15, 0.2) is 54.2 Å². The van der Waals surface area contributed by atoms with Gasteiger partial charge in [-0.2, -0.15) is 0 Å².